The van der Waals surface area contributed by atoms with Crippen molar-refractivity contribution >= 4 is 17.7 Å². The van der Waals surface area contributed by atoms with Crippen LogP contribution in [0.2, 0.25) is 0 Å². The standard InChI is InChI=1S/C12H17N3O4/c1-7-3-4-9(8(2)14-7)15-12(19)13-6-5-10(16)11(17)18/h3-4,10,16H,5-6H2,1-2H3,(H,17,18)(H2,13,15,19)/t10-/m0/s1. The Morgan fingerprint density at radius 2 is 2.05 bits per heavy atom. The van der Waals surface area contributed by atoms with E-state index in [1.165, 1.54) is 0 Å². The van der Waals surface area contributed by atoms with Crippen LogP contribution in [0.4, 0.5) is 10.5 Å². The fraction of sp³-hybridized carbons (Fsp3) is 0.417. The Hall–Kier alpha value is -2.15. The highest BCUT2D eigenvalue weighted by atomic mass is 16.4. The molecule has 19 heavy (non-hydrogen) atoms. The molecule has 0 aliphatic carbocycles. The molecule has 2 amide bonds. The number of pyridine rings is 1. The highest BCUT2D eigenvalue weighted by molar-refractivity contribution is 5.89. The van der Waals surface area contributed by atoms with Crippen LogP contribution in [0.1, 0.15) is 17.8 Å². The van der Waals surface area contributed by atoms with Crippen molar-refractivity contribution in [2.45, 2.75) is 26.4 Å². The first-order chi connectivity index (χ1) is 8.90. The molecule has 1 aromatic rings. The average molecular weight is 267 g/mol. The van der Waals surface area contributed by atoms with Crippen LogP contribution in [0.3, 0.4) is 0 Å². The fourth-order valence-electron chi connectivity index (χ4n) is 1.43. The summed E-state index contributed by atoms with van der Waals surface area (Å²) in [6.07, 6.45) is -1.52. The lowest BCUT2D eigenvalue weighted by atomic mass is 10.2. The zero-order valence-electron chi connectivity index (χ0n) is 10.8. The second-order valence-corrected chi connectivity index (χ2v) is 4.11. The second-order valence-electron chi connectivity index (χ2n) is 4.11. The van der Waals surface area contributed by atoms with E-state index >= 15 is 0 Å². The second kappa shape index (κ2) is 6.69. The Morgan fingerprint density at radius 1 is 1.37 bits per heavy atom. The molecular formula is C12H17N3O4. The van der Waals surface area contributed by atoms with Gasteiger partial charge in [-0.2, -0.15) is 0 Å². The minimum absolute atomic E-state index is 0.0477. The predicted octanol–water partition coefficient (Wildman–Crippen LogP) is 0.656. The maximum absolute atomic E-state index is 11.5. The van der Waals surface area contributed by atoms with Crippen molar-refractivity contribution in [2.24, 2.45) is 0 Å². The Bertz CT molecular complexity index is 476. The first-order valence-electron chi connectivity index (χ1n) is 5.80. The van der Waals surface area contributed by atoms with E-state index in [0.29, 0.717) is 11.4 Å². The summed E-state index contributed by atoms with van der Waals surface area (Å²) in [4.78, 5) is 26.1. The van der Waals surface area contributed by atoms with Gasteiger partial charge in [-0.25, -0.2) is 9.59 Å². The van der Waals surface area contributed by atoms with Crippen molar-refractivity contribution < 1.29 is 19.8 Å². The molecule has 0 aliphatic rings. The van der Waals surface area contributed by atoms with Gasteiger partial charge >= 0.3 is 12.0 Å². The number of carboxylic acids is 1. The summed E-state index contributed by atoms with van der Waals surface area (Å²) in [5.74, 6) is -1.30. The number of nitrogens with zero attached hydrogens (tertiary/aromatic N) is 1. The zero-order valence-corrected chi connectivity index (χ0v) is 10.8. The molecule has 1 rings (SSSR count). The summed E-state index contributed by atoms with van der Waals surface area (Å²) >= 11 is 0. The molecule has 0 saturated carbocycles. The monoisotopic (exact) mass is 267 g/mol. The Labute approximate surface area is 110 Å². The topological polar surface area (TPSA) is 112 Å². The van der Waals surface area contributed by atoms with Gasteiger partial charge in [0.15, 0.2) is 6.10 Å². The van der Waals surface area contributed by atoms with E-state index in [0.717, 1.165) is 5.69 Å². The minimum Gasteiger partial charge on any atom is -0.479 e. The van der Waals surface area contributed by atoms with Crippen molar-refractivity contribution in [3.05, 3.63) is 23.5 Å². The molecule has 0 radical (unpaired) electrons. The maximum Gasteiger partial charge on any atom is 0.332 e. The number of hydrogen-bond donors (Lipinski definition) is 4. The lowest BCUT2D eigenvalue weighted by molar-refractivity contribution is -0.146. The van der Waals surface area contributed by atoms with Gasteiger partial charge in [0, 0.05) is 18.7 Å². The lowest BCUT2D eigenvalue weighted by Crippen LogP contribution is -2.33. The normalized spacial score (nSPS) is 11.7. The number of aliphatic carboxylic acids is 1. The molecule has 104 valence electrons. The van der Waals surface area contributed by atoms with Gasteiger partial charge in [0.25, 0.3) is 0 Å². The number of carbonyl (C=O) groups excluding carboxylic acids is 1. The smallest absolute Gasteiger partial charge is 0.332 e. The number of aromatic nitrogens is 1. The van der Waals surface area contributed by atoms with Crippen molar-refractivity contribution in [3.8, 4) is 0 Å². The Morgan fingerprint density at radius 3 is 2.63 bits per heavy atom. The molecule has 7 heteroatoms. The molecule has 7 nitrogen and oxygen atoms in total. The molecule has 1 aromatic heterocycles. The first-order valence-corrected chi connectivity index (χ1v) is 5.80. The third-order valence-corrected chi connectivity index (χ3v) is 2.46. The summed E-state index contributed by atoms with van der Waals surface area (Å²) < 4.78 is 0. The lowest BCUT2D eigenvalue weighted by Gasteiger charge is -2.10. The predicted molar refractivity (Wildman–Crippen MR) is 69.0 cm³/mol. The zero-order chi connectivity index (χ0) is 14.4. The number of urea groups is 1. The van der Waals surface area contributed by atoms with Gasteiger partial charge in [-0.1, -0.05) is 0 Å². The van der Waals surface area contributed by atoms with Crippen LogP contribution in [-0.2, 0) is 4.79 Å². The van der Waals surface area contributed by atoms with E-state index in [-0.39, 0.29) is 13.0 Å². The number of amides is 2. The number of anilines is 1. The number of carbonyl (C=O) groups is 2. The molecular weight excluding hydrogens is 250 g/mol. The molecule has 0 aliphatic heterocycles. The number of aliphatic hydroxyl groups excluding tert-OH is 1. The number of aliphatic hydroxyl groups is 1. The first kappa shape index (κ1) is 14.9. The van der Waals surface area contributed by atoms with Crippen LogP contribution in [-0.4, -0.2) is 39.8 Å². The van der Waals surface area contributed by atoms with Gasteiger partial charge < -0.3 is 20.8 Å². The summed E-state index contributed by atoms with van der Waals surface area (Å²) in [6.45, 7) is 3.69. The van der Waals surface area contributed by atoms with Crippen LogP contribution in [0.5, 0.6) is 0 Å². The molecule has 1 atom stereocenters. The molecule has 0 saturated heterocycles. The number of aryl methyl sites for hydroxylation is 2. The van der Waals surface area contributed by atoms with E-state index < -0.39 is 18.1 Å². The summed E-state index contributed by atoms with van der Waals surface area (Å²) in [6, 6.07) is 3.05. The van der Waals surface area contributed by atoms with Gasteiger partial charge in [-0.05, 0) is 26.0 Å². The summed E-state index contributed by atoms with van der Waals surface area (Å²) in [7, 11) is 0. The molecule has 1 heterocycles. The molecule has 0 aromatic carbocycles. The van der Waals surface area contributed by atoms with E-state index in [1.807, 2.05) is 6.92 Å². The Kier molecular flexibility index (Phi) is 5.25. The van der Waals surface area contributed by atoms with Gasteiger partial charge in [-0.3, -0.25) is 4.98 Å². The van der Waals surface area contributed by atoms with E-state index in [2.05, 4.69) is 15.6 Å². The maximum atomic E-state index is 11.5. The van der Waals surface area contributed by atoms with Crippen molar-refractivity contribution in [1.82, 2.24) is 10.3 Å². The fourth-order valence-corrected chi connectivity index (χ4v) is 1.43. The van der Waals surface area contributed by atoms with Crippen LogP contribution in [0.15, 0.2) is 12.1 Å². The summed E-state index contributed by atoms with van der Waals surface area (Å²) in [5.41, 5.74) is 2.13. The summed E-state index contributed by atoms with van der Waals surface area (Å²) in [5, 5.41) is 22.5. The quantitative estimate of drug-likeness (QED) is 0.626. The van der Waals surface area contributed by atoms with Gasteiger partial charge in [0.05, 0.1) is 11.4 Å². The van der Waals surface area contributed by atoms with E-state index in [4.69, 9.17) is 10.2 Å². The largest absolute Gasteiger partial charge is 0.479 e. The van der Waals surface area contributed by atoms with Crippen molar-refractivity contribution in [3.63, 3.8) is 0 Å². The van der Waals surface area contributed by atoms with Crippen LogP contribution >= 0.6 is 0 Å². The third-order valence-electron chi connectivity index (χ3n) is 2.46. The highest BCUT2D eigenvalue weighted by Gasteiger charge is 2.13. The number of rotatable bonds is 5. The van der Waals surface area contributed by atoms with Gasteiger partial charge in [-0.15, -0.1) is 0 Å². The number of nitrogens with one attached hydrogen (secondary N) is 2. The van der Waals surface area contributed by atoms with Gasteiger partial charge in [0.1, 0.15) is 0 Å². The molecule has 0 spiro atoms. The highest BCUT2D eigenvalue weighted by Crippen LogP contribution is 2.12. The van der Waals surface area contributed by atoms with Gasteiger partial charge in [0.2, 0.25) is 0 Å². The van der Waals surface area contributed by atoms with Crippen LogP contribution < -0.4 is 10.6 Å². The number of carboxylic acid groups (broad SMARTS) is 1. The van der Waals surface area contributed by atoms with Crippen LogP contribution in [0.25, 0.3) is 0 Å². The van der Waals surface area contributed by atoms with Crippen molar-refractivity contribution in [2.75, 3.05) is 11.9 Å². The van der Waals surface area contributed by atoms with E-state index in [1.54, 1.807) is 19.1 Å². The molecule has 4 N–H and O–H groups in total. The average Bonchev–Trinajstić information content (AvgIpc) is 2.32. The Balaban J connectivity index is 2.41. The van der Waals surface area contributed by atoms with Crippen LogP contribution in [0, 0.1) is 13.8 Å². The molecule has 0 unspecified atom stereocenters. The molecule has 0 bridgehead atoms. The van der Waals surface area contributed by atoms with E-state index in [9.17, 15) is 9.59 Å². The SMILES string of the molecule is Cc1ccc(NC(=O)NCC[C@H](O)C(=O)O)c(C)n1. The molecule has 0 fully saturated rings. The van der Waals surface area contributed by atoms with Crippen molar-refractivity contribution in [1.29, 1.82) is 0 Å². The number of hydrogen-bond acceptors (Lipinski definition) is 4. The third kappa shape index (κ3) is 4.92. The minimum atomic E-state index is -1.47.